The summed E-state index contributed by atoms with van der Waals surface area (Å²) in [6.45, 7) is 9.14. The molecule has 0 bridgehead atoms. The summed E-state index contributed by atoms with van der Waals surface area (Å²) in [5.74, 6) is -0.845. The number of benzene rings is 1. The van der Waals surface area contributed by atoms with Crippen LogP contribution in [0.1, 0.15) is 45.0 Å². The molecule has 0 spiro atoms. The number of ether oxygens (including phenoxy) is 2. The number of carbonyl (C=O) groups excluding carboxylic acids is 2. The summed E-state index contributed by atoms with van der Waals surface area (Å²) >= 11 is 0. The van der Waals surface area contributed by atoms with E-state index in [2.05, 4.69) is 0 Å². The van der Waals surface area contributed by atoms with Crippen molar-refractivity contribution in [3.8, 4) is 11.5 Å². The number of rotatable bonds is 6. The lowest BCUT2D eigenvalue weighted by Crippen LogP contribution is -2.47. The number of hydrogen-bond donors (Lipinski definition) is 1. The van der Waals surface area contributed by atoms with Gasteiger partial charge in [0.05, 0.1) is 7.11 Å². The Labute approximate surface area is 137 Å². The number of nitrogens with zero attached hydrogens (tertiary/aromatic N) is 1. The lowest BCUT2D eigenvalue weighted by molar-refractivity contribution is -0.143. The lowest BCUT2D eigenvalue weighted by Gasteiger charge is -2.32. The van der Waals surface area contributed by atoms with Gasteiger partial charge in [-0.15, -0.1) is 0 Å². The average Bonchev–Trinajstić information content (AvgIpc) is 2.45. The fourth-order valence-electron chi connectivity index (χ4n) is 2.40. The highest BCUT2D eigenvalue weighted by Gasteiger charge is 2.28. The zero-order valence-electron chi connectivity index (χ0n) is 14.5. The fraction of sp³-hybridized carbons (Fsp3) is 0.529. The van der Waals surface area contributed by atoms with E-state index in [1.165, 1.54) is 32.2 Å². The highest BCUT2D eigenvalue weighted by atomic mass is 16.5. The highest BCUT2D eigenvalue weighted by molar-refractivity contribution is 5.94. The van der Waals surface area contributed by atoms with Crippen molar-refractivity contribution in [1.29, 1.82) is 0 Å². The number of methoxy groups -OCH3 is 1. The Bertz CT molecular complexity index is 560. The van der Waals surface area contributed by atoms with Crippen LogP contribution in [0.5, 0.6) is 11.5 Å². The van der Waals surface area contributed by atoms with Crippen LogP contribution in [0.25, 0.3) is 0 Å². The van der Waals surface area contributed by atoms with E-state index in [0.717, 1.165) is 0 Å². The first-order chi connectivity index (χ1) is 10.7. The minimum atomic E-state index is -0.936. The third-order valence-corrected chi connectivity index (χ3v) is 3.42. The Morgan fingerprint density at radius 2 is 1.65 bits per heavy atom. The van der Waals surface area contributed by atoms with Crippen molar-refractivity contribution in [2.24, 2.45) is 0 Å². The first-order valence-electron chi connectivity index (χ1n) is 7.59. The fourth-order valence-corrected chi connectivity index (χ4v) is 2.40. The van der Waals surface area contributed by atoms with E-state index >= 15 is 0 Å². The molecule has 1 N–H and O–H groups in total. The molecule has 23 heavy (non-hydrogen) atoms. The van der Waals surface area contributed by atoms with Crippen molar-refractivity contribution in [1.82, 2.24) is 4.90 Å². The van der Waals surface area contributed by atoms with Gasteiger partial charge in [-0.1, -0.05) is 0 Å². The monoisotopic (exact) mass is 323 g/mol. The summed E-state index contributed by atoms with van der Waals surface area (Å²) in [6, 6.07) is 4.25. The number of phenols is 1. The Hall–Kier alpha value is -2.24. The topological polar surface area (TPSA) is 76.1 Å². The Balaban J connectivity index is 2.86. The molecule has 6 nitrogen and oxygen atoms in total. The third kappa shape index (κ3) is 4.61. The summed E-state index contributed by atoms with van der Waals surface area (Å²) in [5, 5.41) is 9.85. The molecular formula is C17H25NO5. The second-order valence-electron chi connectivity index (χ2n) is 5.86. The molecule has 1 rings (SSSR count). The number of esters is 1. The predicted octanol–water partition coefficient (Wildman–Crippen LogP) is 2.59. The molecule has 1 amide bonds. The molecule has 0 saturated heterocycles. The van der Waals surface area contributed by atoms with Crippen LogP contribution in [0.3, 0.4) is 0 Å². The largest absolute Gasteiger partial charge is 0.507 e. The van der Waals surface area contributed by atoms with Gasteiger partial charge in [0.15, 0.2) is 6.10 Å². The molecule has 128 valence electrons. The molecule has 0 heterocycles. The van der Waals surface area contributed by atoms with E-state index in [-0.39, 0.29) is 29.3 Å². The maximum absolute atomic E-state index is 12.4. The van der Waals surface area contributed by atoms with Gasteiger partial charge in [0.2, 0.25) is 0 Å². The van der Waals surface area contributed by atoms with Gasteiger partial charge in [-0.05, 0) is 46.8 Å². The second-order valence-corrected chi connectivity index (χ2v) is 5.86. The minimum Gasteiger partial charge on any atom is -0.507 e. The van der Waals surface area contributed by atoms with Crippen LogP contribution in [0.4, 0.5) is 0 Å². The van der Waals surface area contributed by atoms with E-state index in [1.807, 2.05) is 27.7 Å². The van der Waals surface area contributed by atoms with Crippen LogP contribution >= 0.6 is 0 Å². The van der Waals surface area contributed by atoms with E-state index < -0.39 is 12.1 Å². The molecule has 0 aliphatic carbocycles. The number of carbonyl (C=O) groups is 2. The SMILES string of the molecule is COc1ccc(C(=O)O[C@@H](C)C(=O)N(C(C)C)C(C)C)c(O)c1. The second kappa shape index (κ2) is 7.85. The number of amides is 1. The van der Waals surface area contributed by atoms with Gasteiger partial charge in [0, 0.05) is 18.2 Å². The van der Waals surface area contributed by atoms with Crippen LogP contribution in [-0.2, 0) is 9.53 Å². The molecule has 1 aromatic carbocycles. The van der Waals surface area contributed by atoms with E-state index in [0.29, 0.717) is 5.75 Å². The molecule has 0 aliphatic rings. The smallest absolute Gasteiger partial charge is 0.342 e. The summed E-state index contributed by atoms with van der Waals surface area (Å²) in [5.41, 5.74) is -0.00825. The first kappa shape index (κ1) is 18.8. The Morgan fingerprint density at radius 3 is 2.09 bits per heavy atom. The maximum Gasteiger partial charge on any atom is 0.342 e. The van der Waals surface area contributed by atoms with Gasteiger partial charge < -0.3 is 19.5 Å². The summed E-state index contributed by atoms with van der Waals surface area (Å²) in [6.07, 6.45) is -0.936. The van der Waals surface area contributed by atoms with Crippen molar-refractivity contribution < 1.29 is 24.2 Å². The van der Waals surface area contributed by atoms with Crippen LogP contribution in [-0.4, -0.2) is 47.2 Å². The number of aromatic hydroxyl groups is 1. The van der Waals surface area contributed by atoms with Gasteiger partial charge in [0.1, 0.15) is 17.1 Å². The average molecular weight is 323 g/mol. The first-order valence-corrected chi connectivity index (χ1v) is 7.59. The van der Waals surface area contributed by atoms with Crippen molar-refractivity contribution >= 4 is 11.9 Å². The van der Waals surface area contributed by atoms with E-state index in [9.17, 15) is 14.7 Å². The van der Waals surface area contributed by atoms with Crippen molar-refractivity contribution in [3.63, 3.8) is 0 Å². The maximum atomic E-state index is 12.4. The summed E-state index contributed by atoms with van der Waals surface area (Å²) in [4.78, 5) is 26.3. The van der Waals surface area contributed by atoms with Gasteiger partial charge in [-0.25, -0.2) is 4.79 Å². The molecule has 1 atom stereocenters. The summed E-state index contributed by atoms with van der Waals surface area (Å²) in [7, 11) is 1.46. The zero-order valence-corrected chi connectivity index (χ0v) is 14.5. The van der Waals surface area contributed by atoms with Crippen molar-refractivity contribution in [2.45, 2.75) is 52.8 Å². The van der Waals surface area contributed by atoms with Crippen LogP contribution in [0, 0.1) is 0 Å². The van der Waals surface area contributed by atoms with Gasteiger partial charge in [-0.3, -0.25) is 4.79 Å². The van der Waals surface area contributed by atoms with Crippen LogP contribution in [0.2, 0.25) is 0 Å². The molecule has 0 aliphatic heterocycles. The number of hydrogen-bond acceptors (Lipinski definition) is 5. The highest BCUT2D eigenvalue weighted by Crippen LogP contribution is 2.24. The van der Waals surface area contributed by atoms with Crippen molar-refractivity contribution in [2.75, 3.05) is 7.11 Å². The van der Waals surface area contributed by atoms with Gasteiger partial charge in [0.25, 0.3) is 5.91 Å². The molecule has 1 aromatic rings. The zero-order chi connectivity index (χ0) is 17.7. The Kier molecular flexibility index (Phi) is 6.42. The molecule has 0 saturated carbocycles. The molecule has 0 unspecified atom stereocenters. The molecule has 0 aromatic heterocycles. The van der Waals surface area contributed by atoms with Crippen LogP contribution in [0.15, 0.2) is 18.2 Å². The molecule has 0 radical (unpaired) electrons. The van der Waals surface area contributed by atoms with Crippen molar-refractivity contribution in [3.05, 3.63) is 23.8 Å². The lowest BCUT2D eigenvalue weighted by atomic mass is 10.2. The standard InChI is InChI=1S/C17H25NO5/c1-10(2)18(11(3)4)16(20)12(5)23-17(21)14-8-7-13(22-6)9-15(14)19/h7-12,19H,1-6H3/t12-/m0/s1. The van der Waals surface area contributed by atoms with E-state index in [1.54, 1.807) is 4.90 Å². The normalized spacial score (nSPS) is 12.2. The summed E-state index contributed by atoms with van der Waals surface area (Å²) < 4.78 is 10.2. The van der Waals surface area contributed by atoms with Gasteiger partial charge in [-0.2, -0.15) is 0 Å². The number of phenolic OH excluding ortho intramolecular Hbond substituents is 1. The predicted molar refractivity (Wildman–Crippen MR) is 86.7 cm³/mol. The Morgan fingerprint density at radius 1 is 1.09 bits per heavy atom. The molecule has 0 fully saturated rings. The quantitative estimate of drug-likeness (QED) is 0.814. The van der Waals surface area contributed by atoms with Crippen LogP contribution < -0.4 is 4.74 Å². The molecule has 6 heteroatoms. The minimum absolute atomic E-state index is 0.00181. The van der Waals surface area contributed by atoms with Gasteiger partial charge >= 0.3 is 5.97 Å². The third-order valence-electron chi connectivity index (χ3n) is 3.42. The van der Waals surface area contributed by atoms with E-state index in [4.69, 9.17) is 9.47 Å². The molecular weight excluding hydrogens is 298 g/mol.